The summed E-state index contributed by atoms with van der Waals surface area (Å²) in [5.41, 5.74) is 9.72. The molecule has 7 aromatic rings. The quantitative estimate of drug-likeness (QED) is 0.115. The molecule has 208 valence electrons. The number of pyridine rings is 1. The summed E-state index contributed by atoms with van der Waals surface area (Å²) in [4.78, 5) is 4.21. The molecule has 0 atom stereocenters. The third-order valence-corrected chi connectivity index (χ3v) is 8.45. The molecule has 0 unspecified atom stereocenters. The maximum Gasteiger partial charge on any atom is 0.0912 e. The molecule has 44 heavy (non-hydrogen) atoms. The maximum absolute atomic E-state index is 9.09. The minimum Gasteiger partial charge on any atom is -0.265 e. The molecule has 0 saturated carbocycles. The number of nitrogens with zero attached hydrogens (tertiary/aromatic N) is 2. The van der Waals surface area contributed by atoms with Gasteiger partial charge in [0.25, 0.3) is 0 Å². The van der Waals surface area contributed by atoms with Crippen LogP contribution in [-0.2, 0) is 6.42 Å². The zero-order chi connectivity index (χ0) is 29.9. The van der Waals surface area contributed by atoms with E-state index in [1.54, 1.807) is 0 Å². The van der Waals surface area contributed by atoms with Crippen molar-refractivity contribution in [1.29, 1.82) is 5.26 Å². The molecule has 0 N–H and O–H groups in total. The van der Waals surface area contributed by atoms with Gasteiger partial charge in [0.2, 0.25) is 0 Å². The van der Waals surface area contributed by atoms with Crippen molar-refractivity contribution in [3.8, 4) is 28.3 Å². The number of hydrogen-bond acceptors (Lipinski definition) is 2. The SMILES string of the molecule is Cc1ccc(-c2c3ccccc3c(-c3cccc4c(C/C(=C\C=C/C#N)c5ccncc5)cccc34)c3ccccc23)cc1. The molecule has 0 radical (unpaired) electrons. The zero-order valence-corrected chi connectivity index (χ0v) is 24.5. The fourth-order valence-corrected chi connectivity index (χ4v) is 6.43. The Hall–Kier alpha value is -5.78. The third kappa shape index (κ3) is 4.96. The number of nitriles is 1. The van der Waals surface area contributed by atoms with Gasteiger partial charge in [-0.15, -0.1) is 0 Å². The lowest BCUT2D eigenvalue weighted by atomic mass is 9.84. The molecule has 2 nitrogen and oxygen atoms in total. The average Bonchev–Trinajstić information content (AvgIpc) is 3.07. The molecular formula is C42H30N2. The van der Waals surface area contributed by atoms with Crippen LogP contribution in [-0.4, -0.2) is 4.98 Å². The Kier molecular flexibility index (Phi) is 7.29. The lowest BCUT2D eigenvalue weighted by Crippen LogP contribution is -1.95. The molecule has 0 aliphatic carbocycles. The summed E-state index contributed by atoms with van der Waals surface area (Å²) in [6.07, 6.45) is 9.73. The van der Waals surface area contributed by atoms with Crippen LogP contribution >= 0.6 is 0 Å². The maximum atomic E-state index is 9.09. The number of allylic oxidation sites excluding steroid dienone is 4. The van der Waals surface area contributed by atoms with Gasteiger partial charge in [-0.1, -0.05) is 127 Å². The van der Waals surface area contributed by atoms with Crippen LogP contribution in [0.15, 0.2) is 152 Å². The molecule has 0 bridgehead atoms. The molecular weight excluding hydrogens is 532 g/mol. The molecule has 1 heterocycles. The molecule has 0 spiro atoms. The van der Waals surface area contributed by atoms with Crippen LogP contribution < -0.4 is 0 Å². The van der Waals surface area contributed by atoms with E-state index in [0.717, 1.165) is 17.6 Å². The van der Waals surface area contributed by atoms with Crippen molar-refractivity contribution in [2.45, 2.75) is 13.3 Å². The second-order valence-corrected chi connectivity index (χ2v) is 11.1. The van der Waals surface area contributed by atoms with E-state index in [0.29, 0.717) is 0 Å². The highest BCUT2D eigenvalue weighted by Gasteiger charge is 2.18. The van der Waals surface area contributed by atoms with Crippen molar-refractivity contribution in [1.82, 2.24) is 4.98 Å². The van der Waals surface area contributed by atoms with Gasteiger partial charge in [0.15, 0.2) is 0 Å². The molecule has 0 fully saturated rings. The Labute approximate surface area is 257 Å². The Bertz CT molecular complexity index is 2190. The zero-order valence-electron chi connectivity index (χ0n) is 24.5. The predicted octanol–water partition coefficient (Wildman–Crippen LogP) is 10.9. The number of aryl methyl sites for hydroxylation is 1. The molecule has 0 aliphatic rings. The number of benzene rings is 6. The van der Waals surface area contributed by atoms with Gasteiger partial charge in [-0.25, -0.2) is 0 Å². The molecule has 0 aliphatic heterocycles. The van der Waals surface area contributed by atoms with Crippen molar-refractivity contribution in [3.63, 3.8) is 0 Å². The minimum atomic E-state index is 0.731. The standard InChI is InChI=1S/C42H30N2/c1-29-19-21-31(22-20-29)41-37-12-2-4-14-39(37)42(40-15-5-3-13-38(40)41)36-18-9-16-34-33(11-8-17-35(34)36)28-32(10-6-7-25-43)30-23-26-44-27-24-30/h2-24,26-27H,28H2,1H3/b7-6-,32-10+. The van der Waals surface area contributed by atoms with Crippen LogP contribution in [0.4, 0.5) is 0 Å². The fourth-order valence-electron chi connectivity index (χ4n) is 6.43. The first-order valence-electron chi connectivity index (χ1n) is 14.9. The lowest BCUT2D eigenvalue weighted by molar-refractivity contribution is 1.27. The highest BCUT2D eigenvalue weighted by Crippen LogP contribution is 2.45. The van der Waals surface area contributed by atoms with Gasteiger partial charge >= 0.3 is 0 Å². The highest BCUT2D eigenvalue weighted by molar-refractivity contribution is 6.23. The normalized spacial score (nSPS) is 11.9. The van der Waals surface area contributed by atoms with E-state index in [9.17, 15) is 0 Å². The molecule has 0 amide bonds. The molecule has 7 rings (SSSR count). The lowest BCUT2D eigenvalue weighted by Gasteiger charge is -2.19. The Morgan fingerprint density at radius 3 is 1.89 bits per heavy atom. The van der Waals surface area contributed by atoms with E-state index in [4.69, 9.17) is 5.26 Å². The van der Waals surface area contributed by atoms with Crippen LogP contribution in [0, 0.1) is 18.3 Å². The van der Waals surface area contributed by atoms with Crippen molar-refractivity contribution in [3.05, 3.63) is 169 Å². The first kappa shape index (κ1) is 27.1. The summed E-state index contributed by atoms with van der Waals surface area (Å²) in [6.45, 7) is 2.14. The van der Waals surface area contributed by atoms with Gasteiger partial charge in [-0.3, -0.25) is 4.98 Å². The summed E-state index contributed by atoms with van der Waals surface area (Å²) < 4.78 is 0. The highest BCUT2D eigenvalue weighted by atomic mass is 14.6. The molecule has 2 heteroatoms. The van der Waals surface area contributed by atoms with Crippen LogP contribution in [0.3, 0.4) is 0 Å². The summed E-state index contributed by atoms with van der Waals surface area (Å²) >= 11 is 0. The number of rotatable bonds is 6. The minimum absolute atomic E-state index is 0.731. The second-order valence-electron chi connectivity index (χ2n) is 11.1. The summed E-state index contributed by atoms with van der Waals surface area (Å²) in [5.74, 6) is 0. The first-order valence-corrected chi connectivity index (χ1v) is 14.9. The van der Waals surface area contributed by atoms with Gasteiger partial charge in [-0.2, -0.15) is 5.26 Å². The number of fused-ring (bicyclic) bond motifs is 3. The van der Waals surface area contributed by atoms with E-state index in [1.807, 2.05) is 36.7 Å². The van der Waals surface area contributed by atoms with Crippen molar-refractivity contribution >= 4 is 37.9 Å². The topological polar surface area (TPSA) is 36.7 Å². The second kappa shape index (κ2) is 11.8. The summed E-state index contributed by atoms with van der Waals surface area (Å²) in [6, 6.07) is 46.0. The van der Waals surface area contributed by atoms with Crippen LogP contribution in [0.1, 0.15) is 16.7 Å². The van der Waals surface area contributed by atoms with Crippen molar-refractivity contribution in [2.24, 2.45) is 0 Å². The van der Waals surface area contributed by atoms with Gasteiger partial charge < -0.3 is 0 Å². The van der Waals surface area contributed by atoms with Crippen molar-refractivity contribution < 1.29 is 0 Å². The van der Waals surface area contributed by atoms with Crippen molar-refractivity contribution in [2.75, 3.05) is 0 Å². The van der Waals surface area contributed by atoms with Crippen LogP contribution in [0.2, 0.25) is 0 Å². The fraction of sp³-hybridized carbons (Fsp3) is 0.0476. The van der Waals surface area contributed by atoms with Gasteiger partial charge in [0.1, 0.15) is 0 Å². The third-order valence-electron chi connectivity index (χ3n) is 8.45. The average molecular weight is 563 g/mol. The van der Waals surface area contributed by atoms with E-state index in [2.05, 4.69) is 127 Å². The number of hydrogen-bond donors (Lipinski definition) is 0. The predicted molar refractivity (Wildman–Crippen MR) is 185 cm³/mol. The van der Waals surface area contributed by atoms with E-state index in [1.165, 1.54) is 71.8 Å². The summed E-state index contributed by atoms with van der Waals surface area (Å²) in [5, 5.41) is 16.5. The smallest absolute Gasteiger partial charge is 0.0912 e. The molecule has 6 aromatic carbocycles. The molecule has 0 saturated heterocycles. The van der Waals surface area contributed by atoms with Gasteiger partial charge in [0.05, 0.1) is 6.07 Å². The Morgan fingerprint density at radius 1 is 0.636 bits per heavy atom. The molecule has 1 aromatic heterocycles. The van der Waals surface area contributed by atoms with E-state index >= 15 is 0 Å². The largest absolute Gasteiger partial charge is 0.265 e. The first-order chi connectivity index (χ1) is 21.7. The summed E-state index contributed by atoms with van der Waals surface area (Å²) in [7, 11) is 0. The monoisotopic (exact) mass is 562 g/mol. The van der Waals surface area contributed by atoms with E-state index in [-0.39, 0.29) is 0 Å². The van der Waals surface area contributed by atoms with Gasteiger partial charge in [-0.05, 0) is 96.7 Å². The Balaban J connectivity index is 1.47. The Morgan fingerprint density at radius 2 is 1.23 bits per heavy atom. The van der Waals surface area contributed by atoms with E-state index < -0.39 is 0 Å². The number of aromatic nitrogens is 1. The van der Waals surface area contributed by atoms with Crippen LogP contribution in [0.25, 0.3) is 60.1 Å². The van der Waals surface area contributed by atoms with Crippen LogP contribution in [0.5, 0.6) is 0 Å². The van der Waals surface area contributed by atoms with Gasteiger partial charge in [0, 0.05) is 18.5 Å².